The molecule has 0 heterocycles. The van der Waals surface area contributed by atoms with Gasteiger partial charge in [-0.2, -0.15) is 0 Å². The third-order valence-corrected chi connectivity index (χ3v) is 3.60. The van der Waals surface area contributed by atoms with Crippen molar-refractivity contribution < 1.29 is 14.6 Å². The SMILES string of the molecule is CCOC(=O)C(O)c1cc(Cl)c2c(c1)CCCC2. The van der Waals surface area contributed by atoms with Crippen LogP contribution in [0.5, 0.6) is 0 Å². The fourth-order valence-electron chi connectivity index (χ4n) is 2.35. The molecule has 0 aromatic heterocycles. The van der Waals surface area contributed by atoms with Gasteiger partial charge in [-0.25, -0.2) is 4.79 Å². The Bertz CT molecular complexity index is 457. The van der Waals surface area contributed by atoms with Crippen molar-refractivity contribution in [2.45, 2.75) is 38.7 Å². The Morgan fingerprint density at radius 2 is 2.17 bits per heavy atom. The zero-order valence-electron chi connectivity index (χ0n) is 10.4. The maximum absolute atomic E-state index is 11.5. The molecule has 1 N–H and O–H groups in total. The summed E-state index contributed by atoms with van der Waals surface area (Å²) >= 11 is 6.21. The molecule has 0 amide bonds. The van der Waals surface area contributed by atoms with Gasteiger partial charge in [-0.05, 0) is 55.4 Å². The summed E-state index contributed by atoms with van der Waals surface area (Å²) < 4.78 is 4.81. The van der Waals surface area contributed by atoms with E-state index in [1.165, 1.54) is 0 Å². The van der Waals surface area contributed by atoms with Gasteiger partial charge in [0, 0.05) is 5.02 Å². The molecule has 2 rings (SSSR count). The molecule has 0 spiro atoms. The second-order valence-corrected chi connectivity index (χ2v) is 4.91. The standard InChI is InChI=1S/C14H17ClO3/c1-2-18-14(17)13(16)10-7-9-5-3-4-6-11(9)12(15)8-10/h7-8,13,16H,2-6H2,1H3. The average molecular weight is 269 g/mol. The van der Waals surface area contributed by atoms with Crippen LogP contribution in [0.25, 0.3) is 0 Å². The van der Waals surface area contributed by atoms with Crippen molar-refractivity contribution in [3.63, 3.8) is 0 Å². The Morgan fingerprint density at radius 3 is 2.89 bits per heavy atom. The smallest absolute Gasteiger partial charge is 0.339 e. The van der Waals surface area contributed by atoms with E-state index >= 15 is 0 Å². The lowest BCUT2D eigenvalue weighted by atomic mass is 9.89. The van der Waals surface area contributed by atoms with Crippen LogP contribution in [0.2, 0.25) is 5.02 Å². The largest absolute Gasteiger partial charge is 0.464 e. The number of aliphatic hydroxyl groups excluding tert-OH is 1. The molecule has 0 aliphatic heterocycles. The van der Waals surface area contributed by atoms with E-state index in [2.05, 4.69) is 0 Å². The van der Waals surface area contributed by atoms with E-state index in [1.54, 1.807) is 13.0 Å². The number of aryl methyl sites for hydroxylation is 1. The van der Waals surface area contributed by atoms with Crippen LogP contribution in [-0.4, -0.2) is 17.7 Å². The minimum Gasteiger partial charge on any atom is -0.464 e. The lowest BCUT2D eigenvalue weighted by Gasteiger charge is -2.19. The summed E-state index contributed by atoms with van der Waals surface area (Å²) in [5, 5.41) is 10.6. The summed E-state index contributed by atoms with van der Waals surface area (Å²) in [5.74, 6) is -0.621. The van der Waals surface area contributed by atoms with Crippen LogP contribution in [0.1, 0.15) is 42.6 Å². The zero-order valence-corrected chi connectivity index (χ0v) is 11.2. The summed E-state index contributed by atoms with van der Waals surface area (Å²) in [5.41, 5.74) is 2.83. The van der Waals surface area contributed by atoms with E-state index < -0.39 is 12.1 Å². The molecule has 1 atom stereocenters. The first-order valence-corrected chi connectivity index (χ1v) is 6.67. The quantitative estimate of drug-likeness (QED) is 0.858. The van der Waals surface area contributed by atoms with E-state index in [9.17, 15) is 9.90 Å². The Hall–Kier alpha value is -1.06. The number of carbonyl (C=O) groups is 1. The van der Waals surface area contributed by atoms with Gasteiger partial charge >= 0.3 is 5.97 Å². The summed E-state index contributed by atoms with van der Waals surface area (Å²) in [6.07, 6.45) is 2.96. The molecule has 0 saturated carbocycles. The number of hydrogen-bond donors (Lipinski definition) is 1. The molecule has 4 heteroatoms. The minimum atomic E-state index is -1.24. The van der Waals surface area contributed by atoms with Gasteiger partial charge in [0.25, 0.3) is 0 Å². The minimum absolute atomic E-state index is 0.258. The second-order valence-electron chi connectivity index (χ2n) is 4.50. The number of carbonyl (C=O) groups excluding carboxylic acids is 1. The fourth-order valence-corrected chi connectivity index (χ4v) is 2.69. The highest BCUT2D eigenvalue weighted by Crippen LogP contribution is 2.31. The molecular weight excluding hydrogens is 252 g/mol. The maximum Gasteiger partial charge on any atom is 0.339 e. The van der Waals surface area contributed by atoms with Crippen molar-refractivity contribution in [1.29, 1.82) is 0 Å². The first-order valence-electron chi connectivity index (χ1n) is 6.29. The number of halogens is 1. The molecule has 3 nitrogen and oxygen atoms in total. The van der Waals surface area contributed by atoms with Crippen LogP contribution in [0.3, 0.4) is 0 Å². The highest BCUT2D eigenvalue weighted by atomic mass is 35.5. The predicted molar refractivity (Wildman–Crippen MR) is 69.7 cm³/mol. The number of benzene rings is 1. The van der Waals surface area contributed by atoms with Crippen LogP contribution in [0, 0.1) is 0 Å². The van der Waals surface area contributed by atoms with Gasteiger partial charge in [-0.15, -0.1) is 0 Å². The summed E-state index contributed by atoms with van der Waals surface area (Å²) in [7, 11) is 0. The van der Waals surface area contributed by atoms with Gasteiger partial charge in [0.1, 0.15) is 0 Å². The van der Waals surface area contributed by atoms with Gasteiger partial charge in [-0.1, -0.05) is 17.7 Å². The monoisotopic (exact) mass is 268 g/mol. The van der Waals surface area contributed by atoms with E-state index in [0.29, 0.717) is 10.6 Å². The van der Waals surface area contributed by atoms with E-state index in [4.69, 9.17) is 16.3 Å². The lowest BCUT2D eigenvalue weighted by molar-refractivity contribution is -0.153. The van der Waals surface area contributed by atoms with Crippen LogP contribution in [0.4, 0.5) is 0 Å². The van der Waals surface area contributed by atoms with Gasteiger partial charge in [-0.3, -0.25) is 0 Å². The molecule has 1 aromatic rings. The molecule has 98 valence electrons. The number of rotatable bonds is 3. The number of hydrogen-bond acceptors (Lipinski definition) is 3. The normalized spacial score (nSPS) is 15.9. The molecule has 1 aliphatic carbocycles. The molecule has 0 bridgehead atoms. The molecule has 1 aromatic carbocycles. The van der Waals surface area contributed by atoms with Crippen LogP contribution < -0.4 is 0 Å². The maximum atomic E-state index is 11.5. The van der Waals surface area contributed by atoms with E-state index in [-0.39, 0.29) is 6.61 Å². The Balaban J connectivity index is 2.29. The Morgan fingerprint density at radius 1 is 1.44 bits per heavy atom. The number of ether oxygens (including phenoxy) is 1. The Kier molecular flexibility index (Phi) is 4.25. The van der Waals surface area contributed by atoms with Crippen LogP contribution >= 0.6 is 11.6 Å². The number of fused-ring (bicyclic) bond motifs is 1. The van der Waals surface area contributed by atoms with Gasteiger partial charge < -0.3 is 9.84 Å². The molecule has 0 radical (unpaired) electrons. The zero-order chi connectivity index (χ0) is 13.1. The fraction of sp³-hybridized carbons (Fsp3) is 0.500. The van der Waals surface area contributed by atoms with E-state index in [1.807, 2.05) is 6.07 Å². The van der Waals surface area contributed by atoms with Gasteiger partial charge in [0.2, 0.25) is 0 Å². The second kappa shape index (κ2) is 5.72. The van der Waals surface area contributed by atoms with E-state index in [0.717, 1.165) is 36.8 Å². The average Bonchev–Trinajstić information content (AvgIpc) is 2.38. The summed E-state index contributed by atoms with van der Waals surface area (Å²) in [6.45, 7) is 1.97. The molecule has 0 saturated heterocycles. The molecule has 1 unspecified atom stereocenters. The highest BCUT2D eigenvalue weighted by Gasteiger charge is 2.22. The topological polar surface area (TPSA) is 46.5 Å². The van der Waals surface area contributed by atoms with Crippen LogP contribution in [0.15, 0.2) is 12.1 Å². The molecule has 18 heavy (non-hydrogen) atoms. The van der Waals surface area contributed by atoms with Gasteiger partial charge in [0.15, 0.2) is 6.10 Å². The lowest BCUT2D eigenvalue weighted by Crippen LogP contribution is -2.16. The van der Waals surface area contributed by atoms with Crippen molar-refractivity contribution in [3.8, 4) is 0 Å². The van der Waals surface area contributed by atoms with Crippen molar-refractivity contribution in [2.75, 3.05) is 6.61 Å². The molecule has 0 fully saturated rings. The molecular formula is C14H17ClO3. The first kappa shape index (κ1) is 13.4. The predicted octanol–water partition coefficient (Wildman–Crippen LogP) is 2.82. The molecule has 1 aliphatic rings. The van der Waals surface area contributed by atoms with Gasteiger partial charge in [0.05, 0.1) is 6.61 Å². The van der Waals surface area contributed by atoms with Crippen molar-refractivity contribution in [1.82, 2.24) is 0 Å². The summed E-state index contributed by atoms with van der Waals surface area (Å²) in [6, 6.07) is 3.55. The summed E-state index contributed by atoms with van der Waals surface area (Å²) in [4.78, 5) is 11.5. The number of esters is 1. The third-order valence-electron chi connectivity index (χ3n) is 3.26. The first-order chi connectivity index (χ1) is 8.63. The van der Waals surface area contributed by atoms with Crippen LogP contribution in [-0.2, 0) is 22.4 Å². The van der Waals surface area contributed by atoms with Crippen molar-refractivity contribution in [2.24, 2.45) is 0 Å². The van der Waals surface area contributed by atoms with Crippen molar-refractivity contribution >= 4 is 17.6 Å². The van der Waals surface area contributed by atoms with Crippen molar-refractivity contribution in [3.05, 3.63) is 33.8 Å². The number of aliphatic hydroxyl groups is 1. The third kappa shape index (κ3) is 2.68. The highest BCUT2D eigenvalue weighted by molar-refractivity contribution is 6.31. The Labute approximate surface area is 112 Å².